The van der Waals surface area contributed by atoms with Gasteiger partial charge in [-0.2, -0.15) is 5.26 Å². The molecule has 19 heavy (non-hydrogen) atoms. The zero-order valence-electron chi connectivity index (χ0n) is 11.4. The van der Waals surface area contributed by atoms with E-state index < -0.39 is 0 Å². The zero-order valence-corrected chi connectivity index (χ0v) is 11.4. The van der Waals surface area contributed by atoms with Gasteiger partial charge in [0.15, 0.2) is 0 Å². The van der Waals surface area contributed by atoms with Gasteiger partial charge in [0, 0.05) is 32.0 Å². The van der Waals surface area contributed by atoms with Crippen molar-refractivity contribution in [2.24, 2.45) is 0 Å². The molecule has 2 rings (SSSR count). The first-order valence-electron chi connectivity index (χ1n) is 6.88. The first-order valence-corrected chi connectivity index (χ1v) is 6.88. The van der Waals surface area contributed by atoms with Gasteiger partial charge in [-0.25, -0.2) is 4.68 Å². The number of ether oxygens (including phenoxy) is 1. The monoisotopic (exact) mass is 263 g/mol. The molecule has 1 aliphatic rings. The molecule has 0 saturated carbocycles. The van der Waals surface area contributed by atoms with Gasteiger partial charge in [0.25, 0.3) is 0 Å². The molecule has 104 valence electrons. The van der Waals surface area contributed by atoms with Crippen molar-refractivity contribution >= 4 is 0 Å². The lowest BCUT2D eigenvalue weighted by Gasteiger charge is -2.12. The number of hydrogen-bond donors (Lipinski definition) is 1. The highest BCUT2D eigenvalue weighted by Gasteiger charge is 2.25. The molecule has 1 aliphatic heterocycles. The Hall–Kier alpha value is -1.45. The summed E-state index contributed by atoms with van der Waals surface area (Å²) >= 11 is 0. The van der Waals surface area contributed by atoms with Gasteiger partial charge >= 0.3 is 0 Å². The molecule has 1 aromatic rings. The standard InChI is InChI=1S/C13H21N5O/c1-15-9-12-13(11-5-8-19-10-11)18(17-16-12)7-4-2-3-6-14/h11,15H,2-5,7-10H2,1H3. The highest BCUT2D eigenvalue weighted by molar-refractivity contribution is 5.17. The molecule has 1 N–H and O–H groups in total. The maximum Gasteiger partial charge on any atom is 0.100 e. The first-order chi connectivity index (χ1) is 9.36. The van der Waals surface area contributed by atoms with Crippen LogP contribution >= 0.6 is 0 Å². The predicted molar refractivity (Wildman–Crippen MR) is 70.4 cm³/mol. The summed E-state index contributed by atoms with van der Waals surface area (Å²) in [6.07, 6.45) is 3.54. The molecule has 0 spiro atoms. The van der Waals surface area contributed by atoms with E-state index in [1.807, 2.05) is 11.7 Å². The molecule has 0 aliphatic carbocycles. The Morgan fingerprint density at radius 1 is 1.53 bits per heavy atom. The molecule has 1 saturated heterocycles. The Kier molecular flexibility index (Phi) is 5.31. The van der Waals surface area contributed by atoms with Crippen LogP contribution < -0.4 is 5.32 Å². The second-order valence-corrected chi connectivity index (χ2v) is 4.85. The highest BCUT2D eigenvalue weighted by Crippen LogP contribution is 2.27. The van der Waals surface area contributed by atoms with Gasteiger partial charge in [-0.15, -0.1) is 5.10 Å². The largest absolute Gasteiger partial charge is 0.381 e. The van der Waals surface area contributed by atoms with Crippen LogP contribution in [0.3, 0.4) is 0 Å². The van der Waals surface area contributed by atoms with Gasteiger partial charge in [0.2, 0.25) is 0 Å². The lowest BCUT2D eigenvalue weighted by Crippen LogP contribution is -2.14. The number of rotatable bonds is 7. The van der Waals surface area contributed by atoms with Gasteiger partial charge in [-0.1, -0.05) is 5.21 Å². The van der Waals surface area contributed by atoms with Gasteiger partial charge < -0.3 is 10.1 Å². The van der Waals surface area contributed by atoms with Crippen LogP contribution in [-0.2, 0) is 17.8 Å². The van der Waals surface area contributed by atoms with E-state index in [0.717, 1.165) is 51.3 Å². The smallest absolute Gasteiger partial charge is 0.100 e. The third kappa shape index (κ3) is 3.52. The Bertz CT molecular complexity index is 431. The summed E-state index contributed by atoms with van der Waals surface area (Å²) in [4.78, 5) is 0. The zero-order chi connectivity index (χ0) is 13.5. The highest BCUT2D eigenvalue weighted by atomic mass is 16.5. The van der Waals surface area contributed by atoms with E-state index in [1.165, 1.54) is 5.69 Å². The molecule has 0 aromatic carbocycles. The average molecular weight is 263 g/mol. The van der Waals surface area contributed by atoms with E-state index in [2.05, 4.69) is 21.7 Å². The molecule has 0 radical (unpaired) electrons. The maximum absolute atomic E-state index is 8.56. The third-order valence-corrected chi connectivity index (χ3v) is 3.42. The summed E-state index contributed by atoms with van der Waals surface area (Å²) in [5, 5.41) is 20.2. The van der Waals surface area contributed by atoms with E-state index in [4.69, 9.17) is 10.00 Å². The summed E-state index contributed by atoms with van der Waals surface area (Å²) in [5.41, 5.74) is 2.24. The number of hydrogen-bond acceptors (Lipinski definition) is 5. The fourth-order valence-electron chi connectivity index (χ4n) is 2.48. The topological polar surface area (TPSA) is 75.8 Å². The average Bonchev–Trinajstić information content (AvgIpc) is 3.04. The molecule has 1 atom stereocenters. The molecular weight excluding hydrogens is 242 g/mol. The van der Waals surface area contributed by atoms with E-state index in [-0.39, 0.29) is 0 Å². The number of unbranched alkanes of at least 4 members (excludes halogenated alkanes) is 2. The summed E-state index contributed by atoms with van der Waals surface area (Å²) < 4.78 is 7.48. The fourth-order valence-corrected chi connectivity index (χ4v) is 2.48. The van der Waals surface area contributed by atoms with Crippen molar-refractivity contribution in [1.82, 2.24) is 20.3 Å². The number of aryl methyl sites for hydroxylation is 1. The normalized spacial score (nSPS) is 18.6. The van der Waals surface area contributed by atoms with Crippen molar-refractivity contribution in [1.29, 1.82) is 5.26 Å². The van der Waals surface area contributed by atoms with E-state index >= 15 is 0 Å². The minimum Gasteiger partial charge on any atom is -0.381 e. The van der Waals surface area contributed by atoms with Crippen LogP contribution in [0.5, 0.6) is 0 Å². The SMILES string of the molecule is CNCc1nnn(CCCCC#N)c1C1CCOC1. The molecule has 0 bridgehead atoms. The van der Waals surface area contributed by atoms with Gasteiger partial charge in [0.05, 0.1) is 18.4 Å². The number of aromatic nitrogens is 3. The van der Waals surface area contributed by atoms with Crippen LogP contribution in [-0.4, -0.2) is 35.3 Å². The summed E-state index contributed by atoms with van der Waals surface area (Å²) in [6, 6.07) is 2.17. The Morgan fingerprint density at radius 3 is 3.11 bits per heavy atom. The van der Waals surface area contributed by atoms with Gasteiger partial charge in [0.1, 0.15) is 5.69 Å². The van der Waals surface area contributed by atoms with Crippen molar-refractivity contribution in [3.63, 3.8) is 0 Å². The molecule has 2 heterocycles. The molecule has 6 heteroatoms. The van der Waals surface area contributed by atoms with E-state index in [0.29, 0.717) is 12.3 Å². The molecular formula is C13H21N5O. The summed E-state index contributed by atoms with van der Waals surface area (Å²) in [5.74, 6) is 0.411. The van der Waals surface area contributed by atoms with Gasteiger partial charge in [-0.05, 0) is 26.3 Å². The Balaban J connectivity index is 2.06. The minimum atomic E-state index is 0.411. The molecule has 1 fully saturated rings. The third-order valence-electron chi connectivity index (χ3n) is 3.42. The van der Waals surface area contributed by atoms with Crippen molar-refractivity contribution < 1.29 is 4.74 Å². The molecule has 1 unspecified atom stereocenters. The van der Waals surface area contributed by atoms with Crippen molar-refractivity contribution in [3.8, 4) is 6.07 Å². The van der Waals surface area contributed by atoms with Crippen LogP contribution in [0.15, 0.2) is 0 Å². The van der Waals surface area contributed by atoms with Gasteiger partial charge in [-0.3, -0.25) is 0 Å². The lowest BCUT2D eigenvalue weighted by atomic mass is 10.0. The van der Waals surface area contributed by atoms with Crippen LogP contribution in [0.4, 0.5) is 0 Å². The first kappa shape index (κ1) is 14.0. The maximum atomic E-state index is 8.56. The summed E-state index contributed by atoms with van der Waals surface area (Å²) in [7, 11) is 1.92. The van der Waals surface area contributed by atoms with Crippen LogP contribution in [0.1, 0.15) is 43.0 Å². The minimum absolute atomic E-state index is 0.411. The molecule has 0 amide bonds. The number of nitrogens with one attached hydrogen (secondary N) is 1. The second kappa shape index (κ2) is 7.22. The lowest BCUT2D eigenvalue weighted by molar-refractivity contribution is 0.193. The van der Waals surface area contributed by atoms with Crippen LogP contribution in [0, 0.1) is 11.3 Å². The van der Waals surface area contributed by atoms with Crippen LogP contribution in [0.2, 0.25) is 0 Å². The van der Waals surface area contributed by atoms with Crippen molar-refractivity contribution in [2.45, 2.75) is 44.7 Å². The number of nitriles is 1. The Labute approximate surface area is 113 Å². The van der Waals surface area contributed by atoms with Crippen molar-refractivity contribution in [3.05, 3.63) is 11.4 Å². The molecule has 6 nitrogen and oxygen atoms in total. The quantitative estimate of drug-likeness (QED) is 0.748. The second-order valence-electron chi connectivity index (χ2n) is 4.85. The predicted octanol–water partition coefficient (Wildman–Crippen LogP) is 1.20. The van der Waals surface area contributed by atoms with E-state index in [9.17, 15) is 0 Å². The van der Waals surface area contributed by atoms with Crippen molar-refractivity contribution in [2.75, 3.05) is 20.3 Å². The van der Waals surface area contributed by atoms with E-state index in [1.54, 1.807) is 0 Å². The summed E-state index contributed by atoms with van der Waals surface area (Å²) in [6.45, 7) is 3.17. The number of nitrogens with zero attached hydrogens (tertiary/aromatic N) is 4. The fraction of sp³-hybridized carbons (Fsp3) is 0.769. The molecule has 1 aromatic heterocycles. The Morgan fingerprint density at radius 2 is 2.42 bits per heavy atom. The van der Waals surface area contributed by atoms with Crippen LogP contribution in [0.25, 0.3) is 0 Å².